The van der Waals surface area contributed by atoms with E-state index >= 15 is 0 Å². The Hall–Kier alpha value is -1.44. The molecule has 0 amide bonds. The van der Waals surface area contributed by atoms with Crippen LogP contribution in [0.3, 0.4) is 0 Å². The Morgan fingerprint density at radius 1 is 1.15 bits per heavy atom. The number of benzene rings is 1. The second-order valence-electron chi connectivity index (χ2n) is 2.16. The van der Waals surface area contributed by atoms with Gasteiger partial charge in [-0.3, -0.25) is 4.99 Å². The fraction of sp³-hybridized carbons (Fsp3) is 0.273. The second-order valence-corrected chi connectivity index (χ2v) is 2.16. The van der Waals surface area contributed by atoms with E-state index in [1.807, 2.05) is 38.1 Å². The van der Waals surface area contributed by atoms with Gasteiger partial charge in [-0.15, -0.1) is 0 Å². The van der Waals surface area contributed by atoms with E-state index in [4.69, 9.17) is 5.41 Å². The monoisotopic (exact) mass is 176 g/mol. The van der Waals surface area contributed by atoms with E-state index < -0.39 is 0 Å². The summed E-state index contributed by atoms with van der Waals surface area (Å²) in [5.41, 5.74) is 1.89. The number of nitrogens with zero attached hydrogens (tertiary/aromatic N) is 1. The molecule has 0 saturated heterocycles. The number of hydrogen-bond donors (Lipinski definition) is 1. The molecule has 0 aliphatic heterocycles. The van der Waals surface area contributed by atoms with E-state index in [0.29, 0.717) is 0 Å². The average molecular weight is 176 g/mol. The summed E-state index contributed by atoms with van der Waals surface area (Å²) in [6.45, 7) is 4.00. The van der Waals surface area contributed by atoms with E-state index in [1.54, 1.807) is 13.3 Å². The number of hydrogen-bond acceptors (Lipinski definition) is 2. The zero-order valence-electron chi connectivity index (χ0n) is 8.41. The Balaban J connectivity index is 0.000000671. The third kappa shape index (κ3) is 3.65. The molecule has 0 bridgehead atoms. The Bertz CT molecular complexity index is 277. The van der Waals surface area contributed by atoms with Crippen molar-refractivity contribution < 1.29 is 0 Å². The van der Waals surface area contributed by atoms with Crippen LogP contribution >= 0.6 is 0 Å². The topological polar surface area (TPSA) is 36.2 Å². The minimum Gasteiger partial charge on any atom is -0.308 e. The van der Waals surface area contributed by atoms with Gasteiger partial charge in [0.15, 0.2) is 0 Å². The molecule has 13 heavy (non-hydrogen) atoms. The van der Waals surface area contributed by atoms with Gasteiger partial charge in [0, 0.05) is 30.6 Å². The molecule has 1 aromatic carbocycles. The first-order valence-electron chi connectivity index (χ1n) is 4.40. The van der Waals surface area contributed by atoms with Crippen LogP contribution in [-0.2, 0) is 0 Å². The first-order chi connectivity index (χ1) is 6.38. The first-order valence-corrected chi connectivity index (χ1v) is 4.40. The maximum absolute atomic E-state index is 7.08. The lowest BCUT2D eigenvalue weighted by Crippen LogP contribution is -1.89. The summed E-state index contributed by atoms with van der Waals surface area (Å²) < 4.78 is 0. The van der Waals surface area contributed by atoms with Gasteiger partial charge in [0.1, 0.15) is 0 Å². The molecule has 0 heterocycles. The molecule has 1 N–H and O–H groups in total. The van der Waals surface area contributed by atoms with Crippen LogP contribution < -0.4 is 0 Å². The van der Waals surface area contributed by atoms with Crippen LogP contribution in [0.4, 0.5) is 0 Å². The first kappa shape index (κ1) is 11.6. The van der Waals surface area contributed by atoms with Crippen molar-refractivity contribution in [1.29, 1.82) is 5.41 Å². The highest BCUT2D eigenvalue weighted by molar-refractivity contribution is 5.92. The van der Waals surface area contributed by atoms with Crippen molar-refractivity contribution in [2.75, 3.05) is 7.05 Å². The zero-order chi connectivity index (χ0) is 10.1. The maximum Gasteiger partial charge on any atom is 0.0287 e. The highest BCUT2D eigenvalue weighted by Crippen LogP contribution is 2.02. The summed E-state index contributed by atoms with van der Waals surface area (Å²) in [5, 5.41) is 7.08. The largest absolute Gasteiger partial charge is 0.308 e. The normalized spacial score (nSPS) is 9.15. The minimum atomic E-state index is 0.901. The average Bonchev–Trinajstić information content (AvgIpc) is 2.22. The molecule has 0 aromatic heterocycles. The molecule has 0 unspecified atom stereocenters. The van der Waals surface area contributed by atoms with Crippen LogP contribution in [-0.4, -0.2) is 19.5 Å². The third-order valence-electron chi connectivity index (χ3n) is 1.42. The summed E-state index contributed by atoms with van der Waals surface area (Å²) >= 11 is 0. The predicted molar refractivity (Wildman–Crippen MR) is 59.2 cm³/mol. The predicted octanol–water partition coefficient (Wildman–Crippen LogP) is 2.76. The molecule has 0 fully saturated rings. The fourth-order valence-corrected chi connectivity index (χ4v) is 0.899. The van der Waals surface area contributed by atoms with E-state index in [0.717, 1.165) is 11.1 Å². The van der Waals surface area contributed by atoms with Gasteiger partial charge < -0.3 is 5.41 Å². The molecular formula is C11H16N2. The van der Waals surface area contributed by atoms with E-state index in [-0.39, 0.29) is 0 Å². The van der Waals surface area contributed by atoms with Crippen molar-refractivity contribution in [3.8, 4) is 0 Å². The summed E-state index contributed by atoms with van der Waals surface area (Å²) in [6.07, 6.45) is 3.08. The zero-order valence-corrected chi connectivity index (χ0v) is 8.41. The minimum absolute atomic E-state index is 0.901. The van der Waals surface area contributed by atoms with E-state index in [9.17, 15) is 0 Å². The van der Waals surface area contributed by atoms with Gasteiger partial charge in [-0.1, -0.05) is 38.1 Å². The van der Waals surface area contributed by atoms with Gasteiger partial charge in [-0.05, 0) is 0 Å². The highest BCUT2D eigenvalue weighted by atomic mass is 14.6. The molecule has 2 heteroatoms. The number of nitrogens with one attached hydrogen (secondary N) is 1. The third-order valence-corrected chi connectivity index (χ3v) is 1.42. The lowest BCUT2D eigenvalue weighted by molar-refractivity contribution is 1.45. The standard InChI is InChI=1S/C9H10N2.C2H6/c1-11-7-9-5-3-2-4-8(9)6-10;1-2/h2-7,10H,1H3;1-2H3. The Labute approximate surface area is 79.8 Å². The van der Waals surface area contributed by atoms with E-state index in [2.05, 4.69) is 4.99 Å². The molecule has 0 aliphatic rings. The number of rotatable bonds is 2. The van der Waals surface area contributed by atoms with Crippen molar-refractivity contribution >= 4 is 12.4 Å². The van der Waals surface area contributed by atoms with Crippen LogP contribution in [0, 0.1) is 5.41 Å². The maximum atomic E-state index is 7.08. The Kier molecular flexibility index (Phi) is 6.42. The van der Waals surface area contributed by atoms with Crippen molar-refractivity contribution in [1.82, 2.24) is 0 Å². The molecule has 0 radical (unpaired) electrons. The van der Waals surface area contributed by atoms with Crippen molar-refractivity contribution in [2.45, 2.75) is 13.8 Å². The van der Waals surface area contributed by atoms with Crippen LogP contribution in [0.15, 0.2) is 29.3 Å². The molecule has 0 saturated carbocycles. The Morgan fingerprint density at radius 3 is 2.15 bits per heavy atom. The molecule has 0 spiro atoms. The van der Waals surface area contributed by atoms with Crippen molar-refractivity contribution in [3.05, 3.63) is 35.4 Å². The fourth-order valence-electron chi connectivity index (χ4n) is 0.899. The number of aliphatic imine (C=N–C) groups is 1. The molecule has 1 aromatic rings. The quantitative estimate of drug-likeness (QED) is 0.673. The van der Waals surface area contributed by atoms with Crippen molar-refractivity contribution in [3.63, 3.8) is 0 Å². The van der Waals surface area contributed by atoms with Crippen molar-refractivity contribution in [2.24, 2.45) is 4.99 Å². The summed E-state index contributed by atoms with van der Waals surface area (Å²) in [4.78, 5) is 3.89. The molecule has 1 rings (SSSR count). The van der Waals surface area contributed by atoms with Gasteiger partial charge in [0.2, 0.25) is 0 Å². The van der Waals surface area contributed by atoms with Crippen LogP contribution in [0.25, 0.3) is 0 Å². The van der Waals surface area contributed by atoms with Gasteiger partial charge in [-0.25, -0.2) is 0 Å². The lowest BCUT2D eigenvalue weighted by atomic mass is 10.1. The Morgan fingerprint density at radius 2 is 1.69 bits per heavy atom. The molecular weight excluding hydrogens is 160 g/mol. The molecule has 0 aliphatic carbocycles. The van der Waals surface area contributed by atoms with Gasteiger partial charge >= 0.3 is 0 Å². The summed E-state index contributed by atoms with van der Waals surface area (Å²) in [7, 11) is 1.72. The molecule has 2 nitrogen and oxygen atoms in total. The van der Waals surface area contributed by atoms with Crippen LogP contribution in [0.2, 0.25) is 0 Å². The second kappa shape index (κ2) is 7.22. The van der Waals surface area contributed by atoms with Gasteiger partial charge in [-0.2, -0.15) is 0 Å². The van der Waals surface area contributed by atoms with Gasteiger partial charge in [0.05, 0.1) is 0 Å². The highest BCUT2D eigenvalue weighted by Gasteiger charge is 1.92. The van der Waals surface area contributed by atoms with Crippen LogP contribution in [0.5, 0.6) is 0 Å². The summed E-state index contributed by atoms with van der Waals surface area (Å²) in [5.74, 6) is 0. The van der Waals surface area contributed by atoms with Gasteiger partial charge in [0.25, 0.3) is 0 Å². The lowest BCUT2D eigenvalue weighted by Gasteiger charge is -1.95. The SMILES string of the molecule is CC.CN=Cc1ccccc1C=N. The molecule has 70 valence electrons. The smallest absolute Gasteiger partial charge is 0.0287 e. The molecule has 0 atom stereocenters. The van der Waals surface area contributed by atoms with Crippen LogP contribution in [0.1, 0.15) is 25.0 Å². The summed E-state index contributed by atoms with van der Waals surface area (Å²) in [6, 6.07) is 7.68. The van der Waals surface area contributed by atoms with E-state index in [1.165, 1.54) is 6.21 Å².